The Bertz CT molecular complexity index is 786. The number of hydrogen-bond acceptors (Lipinski definition) is 9. The van der Waals surface area contributed by atoms with Gasteiger partial charge in [-0.2, -0.15) is 0 Å². The number of carbonyl (C=O) groups excluding carboxylic acids is 4. The van der Waals surface area contributed by atoms with E-state index in [2.05, 4.69) is 6.92 Å². The monoisotopic (exact) mass is 421 g/mol. The third kappa shape index (κ3) is 6.28. The fraction of sp³-hybridized carbons (Fsp3) is 0.476. The summed E-state index contributed by atoms with van der Waals surface area (Å²) in [5, 5.41) is 0. The lowest BCUT2D eigenvalue weighted by atomic mass is 9.90. The van der Waals surface area contributed by atoms with E-state index in [0.717, 1.165) is 5.56 Å². The summed E-state index contributed by atoms with van der Waals surface area (Å²) in [4.78, 5) is 46.6. The van der Waals surface area contributed by atoms with Crippen molar-refractivity contribution >= 4 is 23.9 Å². The Morgan fingerprint density at radius 1 is 0.800 bits per heavy atom. The van der Waals surface area contributed by atoms with E-state index in [0.29, 0.717) is 5.56 Å². The molecule has 163 valence electrons. The van der Waals surface area contributed by atoms with E-state index < -0.39 is 54.4 Å². The maximum absolute atomic E-state index is 11.8. The van der Waals surface area contributed by atoms with Gasteiger partial charge < -0.3 is 23.7 Å². The molecule has 1 heterocycles. The van der Waals surface area contributed by atoms with E-state index in [1.54, 1.807) is 24.3 Å². The van der Waals surface area contributed by atoms with Crippen LogP contribution in [-0.4, -0.2) is 54.9 Å². The molecule has 9 nitrogen and oxygen atoms in total. The fourth-order valence-electron chi connectivity index (χ4n) is 3.20. The minimum Gasteiger partial charge on any atom is -0.463 e. The molecule has 1 aromatic carbocycles. The third-order valence-electron chi connectivity index (χ3n) is 4.30. The Labute approximate surface area is 174 Å². The van der Waals surface area contributed by atoms with Gasteiger partial charge in [0.1, 0.15) is 18.8 Å². The molecule has 2 rings (SSSR count). The quantitative estimate of drug-likeness (QED) is 0.500. The minimum absolute atomic E-state index is 0.262. The van der Waals surface area contributed by atoms with Crippen molar-refractivity contribution in [1.82, 2.24) is 0 Å². The third-order valence-corrected chi connectivity index (χ3v) is 4.30. The number of ether oxygens (including phenoxy) is 5. The van der Waals surface area contributed by atoms with Gasteiger partial charge in [-0.05, 0) is 18.1 Å². The molecule has 1 aromatic rings. The van der Waals surface area contributed by atoms with Gasteiger partial charge in [-0.1, -0.05) is 24.3 Å². The molecule has 0 aromatic heterocycles. The molecule has 9 heteroatoms. The lowest BCUT2D eigenvalue weighted by Crippen LogP contribution is -2.59. The summed E-state index contributed by atoms with van der Waals surface area (Å²) in [6, 6.07) is 6.93. The Morgan fingerprint density at radius 3 is 1.80 bits per heavy atom. The largest absolute Gasteiger partial charge is 0.463 e. The molecular formula is C21H25O9. The number of carbonyl (C=O) groups is 4. The lowest BCUT2D eigenvalue weighted by molar-refractivity contribution is -0.254. The maximum Gasteiger partial charge on any atom is 0.303 e. The van der Waals surface area contributed by atoms with Crippen LogP contribution in [0.2, 0.25) is 0 Å². The van der Waals surface area contributed by atoms with Crippen LogP contribution in [0.25, 0.3) is 0 Å². The number of esters is 4. The highest BCUT2D eigenvalue weighted by molar-refractivity contribution is 5.68. The van der Waals surface area contributed by atoms with Gasteiger partial charge in [-0.15, -0.1) is 0 Å². The van der Waals surface area contributed by atoms with E-state index in [1.807, 2.05) is 0 Å². The summed E-state index contributed by atoms with van der Waals surface area (Å²) in [7, 11) is 0. The van der Waals surface area contributed by atoms with Gasteiger partial charge in [0.15, 0.2) is 18.3 Å². The van der Waals surface area contributed by atoms with Crippen LogP contribution in [0.4, 0.5) is 0 Å². The normalized spacial score (nSPS) is 25.7. The zero-order chi connectivity index (χ0) is 22.4. The number of hydrogen-bond donors (Lipinski definition) is 0. The SMILES string of the molecule is [CH2]c1ccc([C@H]2O[C@H](COC(C)=O)[C@H](OC(C)=O)[C@H](OC(C)=O)[C@H]2OC(C)=O)cc1. The Balaban J connectivity index is 2.51. The summed E-state index contributed by atoms with van der Waals surface area (Å²) in [6.07, 6.45) is -5.32. The van der Waals surface area contributed by atoms with E-state index in [9.17, 15) is 19.2 Å². The Kier molecular flexibility index (Phi) is 7.93. The molecule has 30 heavy (non-hydrogen) atoms. The van der Waals surface area contributed by atoms with Crippen LogP contribution < -0.4 is 0 Å². The molecule has 0 N–H and O–H groups in total. The first-order valence-electron chi connectivity index (χ1n) is 9.31. The van der Waals surface area contributed by atoms with E-state index in [-0.39, 0.29) is 6.61 Å². The fourth-order valence-corrected chi connectivity index (χ4v) is 3.20. The van der Waals surface area contributed by atoms with E-state index >= 15 is 0 Å². The molecule has 1 radical (unpaired) electrons. The highest BCUT2D eigenvalue weighted by Crippen LogP contribution is 2.37. The van der Waals surface area contributed by atoms with Crippen LogP contribution in [0.3, 0.4) is 0 Å². The summed E-state index contributed by atoms with van der Waals surface area (Å²) in [5.41, 5.74) is 1.37. The Morgan fingerprint density at radius 2 is 1.30 bits per heavy atom. The molecule has 1 saturated heterocycles. The topological polar surface area (TPSA) is 114 Å². The predicted octanol–water partition coefficient (Wildman–Crippen LogP) is 1.67. The average molecular weight is 421 g/mol. The van der Waals surface area contributed by atoms with Crippen LogP contribution in [-0.2, 0) is 42.9 Å². The van der Waals surface area contributed by atoms with Gasteiger partial charge >= 0.3 is 23.9 Å². The second-order valence-electron chi connectivity index (χ2n) is 6.86. The molecular weight excluding hydrogens is 396 g/mol. The molecule has 1 aliphatic heterocycles. The highest BCUT2D eigenvalue weighted by atomic mass is 16.7. The van der Waals surface area contributed by atoms with E-state index in [4.69, 9.17) is 23.7 Å². The summed E-state index contributed by atoms with van der Waals surface area (Å²) in [5.74, 6) is -2.55. The summed E-state index contributed by atoms with van der Waals surface area (Å²) >= 11 is 0. The van der Waals surface area contributed by atoms with Crippen molar-refractivity contribution in [3.05, 3.63) is 42.3 Å². The molecule has 0 saturated carbocycles. The maximum atomic E-state index is 11.8. The standard InChI is InChI=1S/C21H25O9/c1-11-6-8-16(9-7-11)18-20(28-14(4)24)21(29-15(5)25)19(27-13(3)23)17(30-18)10-26-12(2)22/h6-9,17-21H,1,10H2,2-5H3/t17-,18-,19+,20+,21+/m1/s1. The van der Waals surface area contributed by atoms with Crippen molar-refractivity contribution < 1.29 is 42.9 Å². The van der Waals surface area contributed by atoms with Gasteiger partial charge in [0.05, 0.1) is 0 Å². The van der Waals surface area contributed by atoms with Gasteiger partial charge in [-0.3, -0.25) is 19.2 Å². The minimum atomic E-state index is -1.19. The molecule has 1 aliphatic rings. The second kappa shape index (κ2) is 10.2. The van der Waals surface area contributed by atoms with Crippen molar-refractivity contribution in [2.75, 3.05) is 6.61 Å². The van der Waals surface area contributed by atoms with Gasteiger partial charge in [-0.25, -0.2) is 0 Å². The van der Waals surface area contributed by atoms with Crippen LogP contribution in [0.15, 0.2) is 24.3 Å². The number of benzene rings is 1. The second-order valence-corrected chi connectivity index (χ2v) is 6.86. The van der Waals surface area contributed by atoms with Crippen molar-refractivity contribution in [3.8, 4) is 0 Å². The van der Waals surface area contributed by atoms with Crippen LogP contribution in [0, 0.1) is 6.92 Å². The first kappa shape index (κ1) is 23.3. The molecule has 0 bridgehead atoms. The molecule has 0 aliphatic carbocycles. The first-order valence-corrected chi connectivity index (χ1v) is 9.31. The molecule has 5 atom stereocenters. The summed E-state index contributed by atoms with van der Waals surface area (Å²) in [6.45, 7) is 8.34. The Hall–Kier alpha value is -2.94. The molecule has 0 spiro atoms. The zero-order valence-corrected chi connectivity index (χ0v) is 17.3. The van der Waals surface area contributed by atoms with Crippen molar-refractivity contribution in [2.24, 2.45) is 0 Å². The average Bonchev–Trinajstić information content (AvgIpc) is 2.63. The van der Waals surface area contributed by atoms with E-state index in [1.165, 1.54) is 27.7 Å². The van der Waals surface area contributed by atoms with Crippen LogP contribution >= 0.6 is 0 Å². The van der Waals surface area contributed by atoms with Crippen molar-refractivity contribution in [3.63, 3.8) is 0 Å². The van der Waals surface area contributed by atoms with Crippen molar-refractivity contribution in [2.45, 2.75) is 58.2 Å². The predicted molar refractivity (Wildman–Crippen MR) is 102 cm³/mol. The van der Waals surface area contributed by atoms with Crippen molar-refractivity contribution in [1.29, 1.82) is 0 Å². The summed E-state index contributed by atoms with van der Waals surface area (Å²) < 4.78 is 27.3. The smallest absolute Gasteiger partial charge is 0.303 e. The van der Waals surface area contributed by atoms with Gasteiger partial charge in [0.2, 0.25) is 0 Å². The van der Waals surface area contributed by atoms with Crippen LogP contribution in [0.5, 0.6) is 0 Å². The molecule has 1 fully saturated rings. The molecule has 0 amide bonds. The van der Waals surface area contributed by atoms with Crippen LogP contribution in [0.1, 0.15) is 44.9 Å². The van der Waals surface area contributed by atoms with Gasteiger partial charge in [0, 0.05) is 27.7 Å². The van der Waals surface area contributed by atoms with Gasteiger partial charge in [0.25, 0.3) is 0 Å². The molecule has 0 unspecified atom stereocenters. The number of rotatable bonds is 6. The lowest BCUT2D eigenvalue weighted by Gasteiger charge is -2.44. The zero-order valence-electron chi connectivity index (χ0n) is 17.3. The highest BCUT2D eigenvalue weighted by Gasteiger charge is 2.52. The first-order chi connectivity index (χ1) is 14.1.